The summed E-state index contributed by atoms with van der Waals surface area (Å²) < 4.78 is 56.7. The van der Waals surface area contributed by atoms with Crippen molar-refractivity contribution in [2.75, 3.05) is 0 Å². The van der Waals surface area contributed by atoms with E-state index in [0.717, 1.165) is 6.07 Å². The number of rotatable bonds is 1. The summed E-state index contributed by atoms with van der Waals surface area (Å²) in [6.45, 7) is 0.686. The van der Waals surface area contributed by atoms with Crippen molar-refractivity contribution in [2.45, 2.75) is 25.1 Å². The SMILES string of the molecule is CC(=O)C1(C(F)(F)F)Cc2cccc(F)c2C(=O)O1. The molecule has 1 aliphatic heterocycles. The van der Waals surface area contributed by atoms with Gasteiger partial charge in [0, 0.05) is 6.42 Å². The summed E-state index contributed by atoms with van der Waals surface area (Å²) in [5.74, 6) is -3.79. The van der Waals surface area contributed by atoms with Crippen molar-refractivity contribution >= 4 is 11.8 Å². The molecule has 2 rings (SSSR count). The molecule has 19 heavy (non-hydrogen) atoms. The van der Waals surface area contributed by atoms with Gasteiger partial charge in [0.15, 0.2) is 5.78 Å². The number of cyclic esters (lactones) is 1. The molecule has 0 aliphatic carbocycles. The third kappa shape index (κ3) is 1.89. The monoisotopic (exact) mass is 276 g/mol. The Bertz CT molecular complexity index is 565. The smallest absolute Gasteiger partial charge is 0.436 e. The van der Waals surface area contributed by atoms with Crippen molar-refractivity contribution in [2.24, 2.45) is 0 Å². The molecule has 0 saturated heterocycles. The third-order valence-electron chi connectivity index (χ3n) is 3.04. The molecule has 0 spiro atoms. The molecule has 7 heteroatoms. The lowest BCUT2D eigenvalue weighted by atomic mass is 9.85. The molecule has 1 heterocycles. The van der Waals surface area contributed by atoms with Crippen LogP contribution in [0.2, 0.25) is 0 Å². The first-order chi connectivity index (χ1) is 8.69. The van der Waals surface area contributed by atoms with Gasteiger partial charge < -0.3 is 4.74 Å². The Balaban J connectivity index is 2.62. The lowest BCUT2D eigenvalue weighted by Gasteiger charge is -2.36. The molecule has 1 aliphatic rings. The molecular formula is C12H8F4O3. The standard InChI is InChI=1S/C12H8F4O3/c1-6(17)11(12(14,15)16)5-7-3-2-4-8(13)9(7)10(18)19-11/h2-4H,5H2,1H3. The van der Waals surface area contributed by atoms with Gasteiger partial charge >= 0.3 is 12.1 Å². The Morgan fingerprint density at radius 1 is 1.37 bits per heavy atom. The number of esters is 1. The van der Waals surface area contributed by atoms with E-state index < -0.39 is 41.3 Å². The van der Waals surface area contributed by atoms with E-state index in [1.807, 2.05) is 0 Å². The number of benzene rings is 1. The van der Waals surface area contributed by atoms with Gasteiger partial charge in [0.1, 0.15) is 5.82 Å². The van der Waals surface area contributed by atoms with Crippen LogP contribution < -0.4 is 0 Å². The van der Waals surface area contributed by atoms with E-state index in [-0.39, 0.29) is 5.56 Å². The summed E-state index contributed by atoms with van der Waals surface area (Å²) in [5.41, 5.74) is -3.97. The van der Waals surface area contributed by atoms with Gasteiger partial charge in [0.25, 0.3) is 5.60 Å². The second-order valence-corrected chi connectivity index (χ2v) is 4.22. The quantitative estimate of drug-likeness (QED) is 0.584. The maximum Gasteiger partial charge on any atom is 0.436 e. The minimum atomic E-state index is -5.06. The van der Waals surface area contributed by atoms with Crippen molar-refractivity contribution in [1.82, 2.24) is 0 Å². The largest absolute Gasteiger partial charge is 0.437 e. The van der Waals surface area contributed by atoms with Crippen LogP contribution in [0.15, 0.2) is 18.2 Å². The summed E-state index contributed by atoms with van der Waals surface area (Å²) >= 11 is 0. The van der Waals surface area contributed by atoms with Crippen molar-refractivity contribution in [1.29, 1.82) is 0 Å². The van der Waals surface area contributed by atoms with E-state index in [0.29, 0.717) is 6.92 Å². The molecule has 0 amide bonds. The van der Waals surface area contributed by atoms with Crippen molar-refractivity contribution in [3.8, 4) is 0 Å². The van der Waals surface area contributed by atoms with Crippen LogP contribution in [-0.2, 0) is 16.0 Å². The highest BCUT2D eigenvalue weighted by molar-refractivity contribution is 5.98. The first kappa shape index (κ1) is 13.5. The predicted molar refractivity (Wildman–Crippen MR) is 55.0 cm³/mol. The number of carbonyl (C=O) groups excluding carboxylic acids is 2. The molecular weight excluding hydrogens is 268 g/mol. The minimum Gasteiger partial charge on any atom is -0.437 e. The van der Waals surface area contributed by atoms with Gasteiger partial charge in [-0.25, -0.2) is 9.18 Å². The number of ether oxygens (including phenoxy) is 1. The number of hydrogen-bond acceptors (Lipinski definition) is 3. The van der Waals surface area contributed by atoms with Gasteiger partial charge in [-0.05, 0) is 18.6 Å². The molecule has 0 saturated carbocycles. The topological polar surface area (TPSA) is 43.4 Å². The van der Waals surface area contributed by atoms with Gasteiger partial charge in [-0.15, -0.1) is 0 Å². The zero-order valence-corrected chi connectivity index (χ0v) is 9.68. The van der Waals surface area contributed by atoms with Gasteiger partial charge in [0.05, 0.1) is 5.56 Å². The van der Waals surface area contributed by atoms with E-state index in [2.05, 4.69) is 4.74 Å². The van der Waals surface area contributed by atoms with E-state index in [1.165, 1.54) is 12.1 Å². The predicted octanol–water partition coefficient (Wildman–Crippen LogP) is 2.43. The maximum absolute atomic E-state index is 13.4. The minimum absolute atomic E-state index is 0.191. The zero-order valence-electron chi connectivity index (χ0n) is 9.68. The van der Waals surface area contributed by atoms with Gasteiger partial charge in [-0.1, -0.05) is 12.1 Å². The molecule has 0 fully saturated rings. The summed E-state index contributed by atoms with van der Waals surface area (Å²) in [4.78, 5) is 22.9. The van der Waals surface area contributed by atoms with Gasteiger partial charge in [0.2, 0.25) is 0 Å². The Hall–Kier alpha value is -1.92. The van der Waals surface area contributed by atoms with Gasteiger partial charge in [-0.2, -0.15) is 13.2 Å². The average Bonchev–Trinajstić information content (AvgIpc) is 2.26. The molecule has 0 bridgehead atoms. The molecule has 102 valence electrons. The highest BCUT2D eigenvalue weighted by Gasteiger charge is 2.64. The fraction of sp³-hybridized carbons (Fsp3) is 0.333. The Morgan fingerprint density at radius 2 is 2.00 bits per heavy atom. The molecule has 1 aromatic carbocycles. The highest BCUT2D eigenvalue weighted by Crippen LogP contribution is 2.41. The number of hydrogen-bond donors (Lipinski definition) is 0. The van der Waals surface area contributed by atoms with Crippen molar-refractivity contribution in [3.63, 3.8) is 0 Å². The van der Waals surface area contributed by atoms with E-state index in [4.69, 9.17) is 0 Å². The molecule has 1 atom stereocenters. The number of Topliss-reactive ketones (excluding diaryl/α,β-unsaturated/α-hetero) is 1. The number of alkyl halides is 3. The lowest BCUT2D eigenvalue weighted by molar-refractivity contribution is -0.250. The van der Waals surface area contributed by atoms with E-state index in [9.17, 15) is 27.2 Å². The average molecular weight is 276 g/mol. The lowest BCUT2D eigenvalue weighted by Crippen LogP contribution is -2.58. The third-order valence-corrected chi connectivity index (χ3v) is 3.04. The summed E-state index contributed by atoms with van der Waals surface area (Å²) in [6, 6.07) is 3.28. The summed E-state index contributed by atoms with van der Waals surface area (Å²) in [7, 11) is 0. The fourth-order valence-electron chi connectivity index (χ4n) is 2.01. The second kappa shape index (κ2) is 4.04. The van der Waals surface area contributed by atoms with Crippen molar-refractivity contribution in [3.05, 3.63) is 35.1 Å². The summed E-state index contributed by atoms with van der Waals surface area (Å²) in [5, 5.41) is 0. The first-order valence-electron chi connectivity index (χ1n) is 5.27. The molecule has 3 nitrogen and oxygen atoms in total. The second-order valence-electron chi connectivity index (χ2n) is 4.22. The van der Waals surface area contributed by atoms with Crippen LogP contribution in [0.4, 0.5) is 17.6 Å². The van der Waals surface area contributed by atoms with Gasteiger partial charge in [-0.3, -0.25) is 4.79 Å². The number of fused-ring (bicyclic) bond motifs is 1. The molecule has 1 unspecified atom stereocenters. The zero-order chi connectivity index (χ0) is 14.4. The van der Waals surface area contributed by atoms with Crippen LogP contribution in [0, 0.1) is 5.82 Å². The highest BCUT2D eigenvalue weighted by atomic mass is 19.4. The summed E-state index contributed by atoms with van der Waals surface area (Å²) in [6.07, 6.45) is -5.97. The number of carbonyl (C=O) groups is 2. The molecule has 0 radical (unpaired) electrons. The molecule has 1 aromatic rings. The van der Waals surface area contributed by atoms with Crippen LogP contribution in [0.25, 0.3) is 0 Å². The molecule has 0 N–H and O–H groups in total. The van der Waals surface area contributed by atoms with E-state index >= 15 is 0 Å². The number of halogens is 4. The Morgan fingerprint density at radius 3 is 2.53 bits per heavy atom. The van der Waals surface area contributed by atoms with Crippen LogP contribution in [0.3, 0.4) is 0 Å². The van der Waals surface area contributed by atoms with E-state index in [1.54, 1.807) is 0 Å². The van der Waals surface area contributed by atoms with Crippen LogP contribution >= 0.6 is 0 Å². The number of ketones is 1. The van der Waals surface area contributed by atoms with Crippen LogP contribution in [0.1, 0.15) is 22.8 Å². The molecule has 0 aromatic heterocycles. The van der Waals surface area contributed by atoms with Crippen molar-refractivity contribution < 1.29 is 31.9 Å². The van der Waals surface area contributed by atoms with Crippen LogP contribution in [-0.4, -0.2) is 23.5 Å². The Kier molecular flexibility index (Phi) is 2.87. The Labute approximate surface area is 105 Å². The first-order valence-corrected chi connectivity index (χ1v) is 5.27. The fourth-order valence-corrected chi connectivity index (χ4v) is 2.01. The van der Waals surface area contributed by atoms with Crippen LogP contribution in [0.5, 0.6) is 0 Å². The normalized spacial score (nSPS) is 22.7. The maximum atomic E-state index is 13.4.